The van der Waals surface area contributed by atoms with Crippen molar-refractivity contribution in [2.75, 3.05) is 46.6 Å². The molecule has 0 aliphatic carbocycles. The van der Waals surface area contributed by atoms with Crippen molar-refractivity contribution >= 4 is 10.2 Å². The summed E-state index contributed by atoms with van der Waals surface area (Å²) in [7, 11) is -1.99. The van der Waals surface area contributed by atoms with Gasteiger partial charge in [-0.3, -0.25) is 4.90 Å². The summed E-state index contributed by atoms with van der Waals surface area (Å²) in [4.78, 5) is 10.5. The van der Waals surface area contributed by atoms with Crippen LogP contribution in [-0.4, -0.2) is 74.2 Å². The number of hydrogen-bond donors (Lipinski definition) is 2. The van der Waals surface area contributed by atoms with Crippen molar-refractivity contribution in [3.8, 4) is 39.9 Å². The second-order valence-corrected chi connectivity index (χ2v) is 11.8. The first-order valence-corrected chi connectivity index (χ1v) is 15.1. The Balaban J connectivity index is 1.08. The molecule has 1 saturated heterocycles. The average molecular weight is 576 g/mol. The standard InChI is InChI=1S/C30H33N5O5S/c1-38-25-10-8-23(9-11-25)29-26(32-30(33-29)24-5-3-2-4-6-24)13-14-31-41(36,37)35-17-15-34(16-18-35)20-22-7-12-27-28(19-22)40-21-39-27/h2-12,19,31H,13-18,20-21H2,1H3,(H,32,33). The SMILES string of the molecule is COc1ccc(-c2nc(-c3ccccc3)[nH]c2CCNS(=O)(=O)N2CCN(Cc3ccc4c(c3)OCO4)CC2)cc1. The Kier molecular flexibility index (Phi) is 7.93. The normalized spacial score (nSPS) is 15.7. The van der Waals surface area contributed by atoms with E-state index in [-0.39, 0.29) is 13.3 Å². The van der Waals surface area contributed by atoms with Crippen LogP contribution < -0.4 is 18.9 Å². The second-order valence-electron chi connectivity index (χ2n) is 10.0. The van der Waals surface area contributed by atoms with Crippen LogP contribution in [0.4, 0.5) is 0 Å². The van der Waals surface area contributed by atoms with E-state index in [4.69, 9.17) is 19.2 Å². The number of hydrogen-bond acceptors (Lipinski definition) is 7. The van der Waals surface area contributed by atoms with Crippen LogP contribution in [0.3, 0.4) is 0 Å². The molecule has 10 nitrogen and oxygen atoms in total. The smallest absolute Gasteiger partial charge is 0.279 e. The Labute approximate surface area is 240 Å². The van der Waals surface area contributed by atoms with E-state index in [1.54, 1.807) is 7.11 Å². The third kappa shape index (κ3) is 6.23. The number of aromatic nitrogens is 2. The number of piperazine rings is 1. The molecule has 0 atom stereocenters. The van der Waals surface area contributed by atoms with Gasteiger partial charge < -0.3 is 19.2 Å². The van der Waals surface area contributed by atoms with Gasteiger partial charge in [0.05, 0.1) is 12.8 Å². The van der Waals surface area contributed by atoms with E-state index < -0.39 is 10.2 Å². The summed E-state index contributed by atoms with van der Waals surface area (Å²) < 4.78 is 46.8. The van der Waals surface area contributed by atoms with Gasteiger partial charge in [-0.15, -0.1) is 0 Å². The van der Waals surface area contributed by atoms with Gasteiger partial charge in [0, 0.05) is 62.5 Å². The fourth-order valence-corrected chi connectivity index (χ4v) is 6.32. The number of H-pyrrole nitrogens is 1. The number of imidazole rings is 1. The molecule has 0 amide bonds. The van der Waals surface area contributed by atoms with Crippen molar-refractivity contribution in [3.05, 3.63) is 84.1 Å². The molecule has 2 aliphatic heterocycles. The van der Waals surface area contributed by atoms with Crippen LogP contribution in [0.15, 0.2) is 72.8 Å². The highest BCUT2D eigenvalue weighted by molar-refractivity contribution is 7.87. The Morgan fingerprint density at radius 2 is 1.68 bits per heavy atom. The molecule has 214 valence electrons. The van der Waals surface area contributed by atoms with E-state index in [0.717, 1.165) is 57.7 Å². The van der Waals surface area contributed by atoms with Crippen LogP contribution in [0.1, 0.15) is 11.3 Å². The molecule has 4 aromatic rings. The minimum absolute atomic E-state index is 0.249. The summed E-state index contributed by atoms with van der Waals surface area (Å²) >= 11 is 0. The molecule has 0 spiro atoms. The van der Waals surface area contributed by atoms with Gasteiger partial charge in [0.25, 0.3) is 10.2 Å². The fraction of sp³-hybridized carbons (Fsp3) is 0.300. The first kappa shape index (κ1) is 27.3. The number of methoxy groups -OCH3 is 1. The molecule has 2 aliphatic rings. The zero-order valence-electron chi connectivity index (χ0n) is 22.9. The predicted octanol–water partition coefficient (Wildman–Crippen LogP) is 3.68. The van der Waals surface area contributed by atoms with Crippen molar-refractivity contribution in [3.63, 3.8) is 0 Å². The van der Waals surface area contributed by atoms with Crippen molar-refractivity contribution in [1.82, 2.24) is 23.9 Å². The number of aromatic amines is 1. The second kappa shape index (κ2) is 11.9. The molecule has 0 saturated carbocycles. The molecule has 6 rings (SSSR count). The topological polar surface area (TPSA) is 109 Å². The number of nitrogens with one attached hydrogen (secondary N) is 2. The van der Waals surface area contributed by atoms with Gasteiger partial charge in [0.15, 0.2) is 11.5 Å². The third-order valence-corrected chi connectivity index (χ3v) is 8.98. The van der Waals surface area contributed by atoms with E-state index >= 15 is 0 Å². The Morgan fingerprint density at radius 3 is 2.44 bits per heavy atom. The number of fused-ring (bicyclic) bond motifs is 1. The zero-order chi connectivity index (χ0) is 28.2. The first-order valence-electron chi connectivity index (χ1n) is 13.6. The van der Waals surface area contributed by atoms with E-state index in [0.29, 0.717) is 32.6 Å². The lowest BCUT2D eigenvalue weighted by atomic mass is 10.1. The van der Waals surface area contributed by atoms with Gasteiger partial charge in [-0.2, -0.15) is 12.7 Å². The lowest BCUT2D eigenvalue weighted by molar-refractivity contribution is 0.173. The molecule has 3 heterocycles. The molecular formula is C30H33N5O5S. The molecule has 0 bridgehead atoms. The number of nitrogens with zero attached hydrogens (tertiary/aromatic N) is 3. The molecule has 11 heteroatoms. The van der Waals surface area contributed by atoms with Crippen molar-refractivity contribution < 1.29 is 22.6 Å². The number of benzene rings is 3. The summed E-state index contributed by atoms with van der Waals surface area (Å²) in [6.45, 7) is 3.39. The maximum Gasteiger partial charge on any atom is 0.279 e. The summed E-state index contributed by atoms with van der Waals surface area (Å²) in [5.74, 6) is 3.03. The van der Waals surface area contributed by atoms with Crippen molar-refractivity contribution in [2.45, 2.75) is 13.0 Å². The van der Waals surface area contributed by atoms with Gasteiger partial charge in [-0.1, -0.05) is 36.4 Å². The largest absolute Gasteiger partial charge is 0.497 e. The van der Waals surface area contributed by atoms with Gasteiger partial charge in [-0.25, -0.2) is 9.71 Å². The molecule has 0 radical (unpaired) electrons. The number of rotatable bonds is 10. The molecule has 41 heavy (non-hydrogen) atoms. The first-order chi connectivity index (χ1) is 20.0. The van der Waals surface area contributed by atoms with Gasteiger partial charge in [0.1, 0.15) is 11.6 Å². The lowest BCUT2D eigenvalue weighted by Gasteiger charge is -2.34. The highest BCUT2D eigenvalue weighted by Crippen LogP contribution is 2.33. The van der Waals surface area contributed by atoms with Crippen molar-refractivity contribution in [2.24, 2.45) is 0 Å². The van der Waals surface area contributed by atoms with Gasteiger partial charge >= 0.3 is 0 Å². The van der Waals surface area contributed by atoms with E-state index in [1.807, 2.05) is 72.8 Å². The van der Waals surface area contributed by atoms with E-state index in [2.05, 4.69) is 14.6 Å². The summed E-state index contributed by atoms with van der Waals surface area (Å²) in [5, 5.41) is 0. The quantitative estimate of drug-likeness (QED) is 0.297. The summed E-state index contributed by atoms with van der Waals surface area (Å²) in [6.07, 6.45) is 0.463. The van der Waals surface area contributed by atoms with E-state index in [9.17, 15) is 8.42 Å². The van der Waals surface area contributed by atoms with Crippen LogP contribution >= 0.6 is 0 Å². The van der Waals surface area contributed by atoms with E-state index in [1.165, 1.54) is 4.31 Å². The minimum Gasteiger partial charge on any atom is -0.497 e. The summed E-state index contributed by atoms with van der Waals surface area (Å²) in [6, 6.07) is 23.5. The van der Waals surface area contributed by atoms with Crippen LogP contribution in [0.5, 0.6) is 17.2 Å². The predicted molar refractivity (Wildman–Crippen MR) is 156 cm³/mol. The maximum absolute atomic E-state index is 13.1. The highest BCUT2D eigenvalue weighted by atomic mass is 32.2. The molecule has 1 aromatic heterocycles. The van der Waals surface area contributed by atoms with Crippen LogP contribution in [0.2, 0.25) is 0 Å². The van der Waals surface area contributed by atoms with Gasteiger partial charge in [0.2, 0.25) is 6.79 Å². The zero-order valence-corrected chi connectivity index (χ0v) is 23.7. The monoisotopic (exact) mass is 575 g/mol. The number of ether oxygens (including phenoxy) is 3. The molecule has 2 N–H and O–H groups in total. The van der Waals surface area contributed by atoms with Crippen LogP contribution in [-0.2, 0) is 23.2 Å². The molecule has 0 unspecified atom stereocenters. The Bertz CT molecular complexity index is 1580. The third-order valence-electron chi connectivity index (χ3n) is 7.36. The van der Waals surface area contributed by atoms with Gasteiger partial charge in [-0.05, 0) is 42.0 Å². The Hall–Kier alpha value is -3.90. The Morgan fingerprint density at radius 1 is 0.927 bits per heavy atom. The maximum atomic E-state index is 13.1. The highest BCUT2D eigenvalue weighted by Gasteiger charge is 2.27. The van der Waals surface area contributed by atoms with Crippen molar-refractivity contribution in [1.29, 1.82) is 0 Å². The van der Waals surface area contributed by atoms with Crippen LogP contribution in [0.25, 0.3) is 22.6 Å². The minimum atomic E-state index is -3.62. The summed E-state index contributed by atoms with van der Waals surface area (Å²) in [5.41, 5.74) is 4.67. The molecule has 1 fully saturated rings. The average Bonchev–Trinajstić information content (AvgIpc) is 3.65. The fourth-order valence-electron chi connectivity index (χ4n) is 5.13. The molecular weight excluding hydrogens is 542 g/mol. The van der Waals surface area contributed by atoms with Crippen LogP contribution in [0, 0.1) is 0 Å². The lowest BCUT2D eigenvalue weighted by Crippen LogP contribution is -2.51. The molecule has 3 aromatic carbocycles.